The molecule has 0 radical (unpaired) electrons. The monoisotopic (exact) mass is 318 g/mol. The molecular weight excluding hydrogens is 311 g/mol. The average Bonchev–Trinajstić information content (AvgIpc) is 2.66. The van der Waals surface area contributed by atoms with E-state index in [-0.39, 0.29) is 5.56 Å². The van der Waals surface area contributed by atoms with Gasteiger partial charge in [-0.3, -0.25) is 4.79 Å². The van der Waals surface area contributed by atoms with E-state index in [4.69, 9.17) is 0 Å². The molecule has 72 valence electrons. The molecule has 3 nitrogen and oxygen atoms in total. The second kappa shape index (κ2) is 3.82. The normalized spacial score (nSPS) is 10.4. The van der Waals surface area contributed by atoms with Crippen molar-refractivity contribution in [2.45, 2.75) is 6.92 Å². The molecule has 0 bridgehead atoms. The lowest BCUT2D eigenvalue weighted by molar-refractivity contribution is 1.06. The van der Waals surface area contributed by atoms with Crippen LogP contribution in [0.5, 0.6) is 0 Å². The molecular formula is C9H7IN2OS. The zero-order valence-electron chi connectivity index (χ0n) is 7.37. The smallest absolute Gasteiger partial charge is 0.264 e. The van der Waals surface area contributed by atoms with Crippen LogP contribution in [0, 0.1) is 10.5 Å². The SMILES string of the molecule is Cc1nc(-c2cccs2)[nH]c(=O)c1I. The van der Waals surface area contributed by atoms with Gasteiger partial charge in [0.05, 0.1) is 14.1 Å². The van der Waals surface area contributed by atoms with E-state index in [1.165, 1.54) is 0 Å². The fourth-order valence-electron chi connectivity index (χ4n) is 1.10. The highest BCUT2D eigenvalue weighted by atomic mass is 127. The van der Waals surface area contributed by atoms with E-state index >= 15 is 0 Å². The van der Waals surface area contributed by atoms with Gasteiger partial charge in [0.2, 0.25) is 0 Å². The molecule has 2 aromatic rings. The van der Waals surface area contributed by atoms with Crippen molar-refractivity contribution in [1.29, 1.82) is 0 Å². The summed E-state index contributed by atoms with van der Waals surface area (Å²) in [6, 6.07) is 3.88. The van der Waals surface area contributed by atoms with E-state index in [0.29, 0.717) is 9.39 Å². The third-order valence-electron chi connectivity index (χ3n) is 1.78. The van der Waals surface area contributed by atoms with Gasteiger partial charge in [-0.2, -0.15) is 0 Å². The number of aryl methyl sites for hydroxylation is 1. The summed E-state index contributed by atoms with van der Waals surface area (Å²) in [5.41, 5.74) is 0.708. The summed E-state index contributed by atoms with van der Waals surface area (Å²) >= 11 is 3.56. The summed E-state index contributed by atoms with van der Waals surface area (Å²) in [7, 11) is 0. The number of thiophene rings is 1. The van der Waals surface area contributed by atoms with Crippen LogP contribution in [-0.2, 0) is 0 Å². The van der Waals surface area contributed by atoms with E-state index < -0.39 is 0 Å². The molecule has 0 saturated carbocycles. The van der Waals surface area contributed by atoms with Crippen molar-refractivity contribution >= 4 is 33.9 Å². The number of halogens is 1. The molecule has 0 aliphatic heterocycles. The first-order valence-electron chi connectivity index (χ1n) is 3.99. The number of nitrogens with zero attached hydrogens (tertiary/aromatic N) is 1. The molecule has 0 aliphatic carbocycles. The molecule has 5 heteroatoms. The van der Waals surface area contributed by atoms with Gasteiger partial charge < -0.3 is 4.98 Å². The van der Waals surface area contributed by atoms with E-state index in [2.05, 4.69) is 9.97 Å². The van der Waals surface area contributed by atoms with Crippen molar-refractivity contribution in [2.75, 3.05) is 0 Å². The van der Waals surface area contributed by atoms with Gasteiger partial charge in [-0.05, 0) is 41.0 Å². The minimum Gasteiger partial charge on any atom is -0.305 e. The van der Waals surface area contributed by atoms with Crippen LogP contribution in [-0.4, -0.2) is 9.97 Å². The molecule has 2 aromatic heterocycles. The lowest BCUT2D eigenvalue weighted by Crippen LogP contribution is -2.14. The second-order valence-electron chi connectivity index (χ2n) is 2.79. The Hall–Kier alpha value is -0.690. The van der Waals surface area contributed by atoms with Crippen LogP contribution in [0.1, 0.15) is 5.69 Å². The molecule has 0 aliphatic rings. The minimum atomic E-state index is -0.0681. The number of nitrogens with one attached hydrogen (secondary N) is 1. The minimum absolute atomic E-state index is 0.0681. The van der Waals surface area contributed by atoms with Gasteiger partial charge >= 0.3 is 0 Å². The van der Waals surface area contributed by atoms with Gasteiger partial charge in [0.1, 0.15) is 0 Å². The standard InChI is InChI=1S/C9H7IN2OS/c1-5-7(10)9(13)12-8(11-5)6-3-2-4-14-6/h2-4H,1H3,(H,11,12,13). The third kappa shape index (κ3) is 1.74. The van der Waals surface area contributed by atoms with Crippen LogP contribution < -0.4 is 5.56 Å². The first-order chi connectivity index (χ1) is 6.68. The van der Waals surface area contributed by atoms with Crippen molar-refractivity contribution in [3.63, 3.8) is 0 Å². The van der Waals surface area contributed by atoms with Gasteiger partial charge in [0, 0.05) is 0 Å². The highest BCUT2D eigenvalue weighted by Gasteiger charge is 2.06. The molecule has 0 atom stereocenters. The Morgan fingerprint density at radius 1 is 1.57 bits per heavy atom. The number of hydrogen-bond acceptors (Lipinski definition) is 3. The highest BCUT2D eigenvalue weighted by molar-refractivity contribution is 14.1. The summed E-state index contributed by atoms with van der Waals surface area (Å²) in [6.45, 7) is 1.84. The summed E-state index contributed by atoms with van der Waals surface area (Å²) in [4.78, 5) is 19.5. The van der Waals surface area contributed by atoms with Crippen LogP contribution in [0.4, 0.5) is 0 Å². The fraction of sp³-hybridized carbons (Fsp3) is 0.111. The Morgan fingerprint density at radius 3 is 2.93 bits per heavy atom. The molecule has 0 amide bonds. The Balaban J connectivity index is 2.63. The topological polar surface area (TPSA) is 45.8 Å². The predicted octanol–water partition coefficient (Wildman–Crippen LogP) is 2.41. The number of hydrogen-bond donors (Lipinski definition) is 1. The molecule has 2 heterocycles. The maximum absolute atomic E-state index is 11.5. The molecule has 1 N–H and O–H groups in total. The second-order valence-corrected chi connectivity index (χ2v) is 4.82. The van der Waals surface area contributed by atoms with E-state index in [9.17, 15) is 4.79 Å². The lowest BCUT2D eigenvalue weighted by Gasteiger charge is -2.00. The number of H-pyrrole nitrogens is 1. The van der Waals surface area contributed by atoms with Gasteiger partial charge in [-0.1, -0.05) is 6.07 Å². The van der Waals surface area contributed by atoms with Gasteiger partial charge in [0.25, 0.3) is 5.56 Å². The largest absolute Gasteiger partial charge is 0.305 e. The van der Waals surface area contributed by atoms with Crippen LogP contribution in [0.15, 0.2) is 22.3 Å². The molecule has 0 unspecified atom stereocenters. The average molecular weight is 318 g/mol. The summed E-state index contributed by atoms with van der Waals surface area (Å²) in [6.07, 6.45) is 0. The van der Waals surface area contributed by atoms with E-state index in [1.54, 1.807) is 11.3 Å². The maximum atomic E-state index is 11.5. The lowest BCUT2D eigenvalue weighted by atomic mass is 10.4. The Bertz CT molecular complexity index is 504. The highest BCUT2D eigenvalue weighted by Crippen LogP contribution is 2.20. The summed E-state index contributed by atoms with van der Waals surface area (Å²) in [5.74, 6) is 0.655. The zero-order valence-corrected chi connectivity index (χ0v) is 10.3. The molecule has 14 heavy (non-hydrogen) atoms. The van der Waals surface area contributed by atoms with Crippen LogP contribution >= 0.6 is 33.9 Å². The molecule has 0 aromatic carbocycles. The number of rotatable bonds is 1. The molecule has 0 spiro atoms. The first kappa shape index (κ1) is 9.85. The quantitative estimate of drug-likeness (QED) is 0.821. The molecule has 0 fully saturated rings. The van der Waals surface area contributed by atoms with Crippen molar-refractivity contribution in [2.24, 2.45) is 0 Å². The first-order valence-corrected chi connectivity index (χ1v) is 5.94. The Kier molecular flexibility index (Phi) is 2.69. The van der Waals surface area contributed by atoms with Gasteiger partial charge in [-0.25, -0.2) is 4.98 Å². The third-order valence-corrected chi connectivity index (χ3v) is 3.93. The molecule has 0 saturated heterocycles. The zero-order chi connectivity index (χ0) is 10.1. The van der Waals surface area contributed by atoms with E-state index in [0.717, 1.165) is 10.6 Å². The predicted molar refractivity (Wildman–Crippen MR) is 65.6 cm³/mol. The fourth-order valence-corrected chi connectivity index (χ4v) is 2.03. The van der Waals surface area contributed by atoms with Crippen molar-refractivity contribution in [3.05, 3.63) is 37.1 Å². The Morgan fingerprint density at radius 2 is 2.36 bits per heavy atom. The summed E-state index contributed by atoms with van der Waals surface area (Å²) in [5, 5.41) is 1.96. The summed E-state index contributed by atoms with van der Waals surface area (Å²) < 4.78 is 0.655. The maximum Gasteiger partial charge on any atom is 0.264 e. The molecule has 2 rings (SSSR count). The van der Waals surface area contributed by atoms with Crippen molar-refractivity contribution < 1.29 is 0 Å². The van der Waals surface area contributed by atoms with Crippen molar-refractivity contribution in [1.82, 2.24) is 9.97 Å². The van der Waals surface area contributed by atoms with Crippen LogP contribution in [0.2, 0.25) is 0 Å². The van der Waals surface area contributed by atoms with Crippen LogP contribution in [0.25, 0.3) is 10.7 Å². The van der Waals surface area contributed by atoms with Crippen LogP contribution in [0.3, 0.4) is 0 Å². The van der Waals surface area contributed by atoms with Crippen molar-refractivity contribution in [3.8, 4) is 10.7 Å². The van der Waals surface area contributed by atoms with E-state index in [1.807, 2.05) is 47.0 Å². The Labute approximate surface area is 98.4 Å². The van der Waals surface area contributed by atoms with Gasteiger partial charge in [-0.15, -0.1) is 11.3 Å². The van der Waals surface area contributed by atoms with Gasteiger partial charge in [0.15, 0.2) is 5.82 Å². The number of aromatic amines is 1. The number of aromatic nitrogens is 2.